The van der Waals surface area contributed by atoms with Crippen molar-refractivity contribution in [3.05, 3.63) is 187 Å². The summed E-state index contributed by atoms with van der Waals surface area (Å²) in [6, 6.07) is 66.0. The monoisotopic (exact) mass is 699 g/mol. The minimum atomic E-state index is 0.579. The highest BCUT2D eigenvalue weighted by Gasteiger charge is 2.19. The van der Waals surface area contributed by atoms with Crippen LogP contribution in [0.15, 0.2) is 176 Å². The van der Waals surface area contributed by atoms with Crippen LogP contribution in [0.5, 0.6) is 0 Å². The minimum Gasteiger partial charge on any atom is -0.309 e. The Hall–Kier alpha value is -7.86. The molecule has 0 N–H and O–H groups in total. The lowest BCUT2D eigenvalue weighted by atomic mass is 10.00. The van der Waals surface area contributed by atoms with Gasteiger partial charge in [-0.25, -0.2) is 0 Å². The Bertz CT molecular complexity index is 3420. The first kappa shape index (κ1) is 30.7. The summed E-state index contributed by atoms with van der Waals surface area (Å²) in [7, 11) is 0. The van der Waals surface area contributed by atoms with E-state index in [2.05, 4.69) is 153 Å². The van der Waals surface area contributed by atoms with Crippen molar-refractivity contribution in [3.63, 3.8) is 0 Å². The van der Waals surface area contributed by atoms with Crippen LogP contribution in [0, 0.1) is 22.7 Å². The average molecular weight is 700 g/mol. The van der Waals surface area contributed by atoms with E-state index in [0.717, 1.165) is 61.0 Å². The SMILES string of the molecule is N#Cc1ccc(-n2c3ccccc3c3ccc(C#N)cc32)c(-c2cccc(-n3c4ccccc4c4ccc(-n5c6ccccc6c6ccccc65)cc43)c2)c1. The van der Waals surface area contributed by atoms with E-state index in [0.29, 0.717) is 11.1 Å². The number of aromatic nitrogens is 3. The highest BCUT2D eigenvalue weighted by Crippen LogP contribution is 2.40. The standard InChI is InChI=1S/C50H29N5/c51-30-32-21-25-48(55-47-19-8-4-15-40(47)41-23-20-33(31-52)27-49(41)55)43(26-32)34-10-9-11-35(28-34)54-46-18-7-3-14-39(46)42-24-22-36(29-50(42)54)53-44-16-5-1-12-37(44)38-13-2-6-17-45(38)53/h1-29H. The van der Waals surface area contributed by atoms with Crippen molar-refractivity contribution in [2.45, 2.75) is 0 Å². The molecule has 5 heteroatoms. The van der Waals surface area contributed by atoms with E-state index in [4.69, 9.17) is 0 Å². The van der Waals surface area contributed by atoms with Crippen LogP contribution in [0.4, 0.5) is 0 Å². The van der Waals surface area contributed by atoms with Crippen molar-refractivity contribution in [1.29, 1.82) is 10.5 Å². The Morgan fingerprint density at radius 2 is 0.782 bits per heavy atom. The van der Waals surface area contributed by atoms with Gasteiger partial charge in [0.05, 0.1) is 62.1 Å². The summed E-state index contributed by atoms with van der Waals surface area (Å²) >= 11 is 0. The molecule has 0 atom stereocenters. The molecule has 8 aromatic carbocycles. The summed E-state index contributed by atoms with van der Waals surface area (Å²) in [5.74, 6) is 0. The molecular weight excluding hydrogens is 671 g/mol. The molecule has 0 aliphatic rings. The highest BCUT2D eigenvalue weighted by molar-refractivity contribution is 6.13. The second kappa shape index (κ2) is 11.8. The molecule has 0 saturated carbocycles. The normalized spacial score (nSPS) is 11.6. The zero-order chi connectivity index (χ0) is 36.6. The Labute approximate surface area is 316 Å². The Morgan fingerprint density at radius 3 is 1.38 bits per heavy atom. The average Bonchev–Trinajstić information content (AvgIpc) is 3.88. The first-order valence-electron chi connectivity index (χ1n) is 18.3. The molecule has 0 bridgehead atoms. The van der Waals surface area contributed by atoms with Crippen LogP contribution in [-0.4, -0.2) is 13.7 Å². The van der Waals surface area contributed by atoms with Gasteiger partial charge in [0.1, 0.15) is 0 Å². The number of fused-ring (bicyclic) bond motifs is 9. The molecule has 0 aliphatic heterocycles. The summed E-state index contributed by atoms with van der Waals surface area (Å²) in [4.78, 5) is 0. The molecule has 55 heavy (non-hydrogen) atoms. The van der Waals surface area contributed by atoms with Crippen molar-refractivity contribution in [2.24, 2.45) is 0 Å². The van der Waals surface area contributed by atoms with Crippen LogP contribution in [0.25, 0.3) is 93.6 Å². The van der Waals surface area contributed by atoms with Crippen molar-refractivity contribution >= 4 is 65.4 Å². The third-order valence-electron chi connectivity index (χ3n) is 11.1. The third kappa shape index (κ3) is 4.51. The van der Waals surface area contributed by atoms with E-state index in [9.17, 15) is 10.5 Å². The first-order chi connectivity index (χ1) is 27.2. The lowest BCUT2D eigenvalue weighted by Crippen LogP contribution is -2.00. The van der Waals surface area contributed by atoms with E-state index < -0.39 is 0 Å². The number of rotatable bonds is 4. The maximum absolute atomic E-state index is 10.1. The van der Waals surface area contributed by atoms with Crippen LogP contribution in [0.3, 0.4) is 0 Å². The molecule has 3 aromatic heterocycles. The summed E-state index contributed by atoms with van der Waals surface area (Å²) in [6.07, 6.45) is 0. The predicted octanol–water partition coefficient (Wildman–Crippen LogP) is 12.4. The fourth-order valence-corrected chi connectivity index (χ4v) is 8.72. The number of benzene rings is 8. The van der Waals surface area contributed by atoms with E-state index in [1.165, 1.54) is 32.6 Å². The van der Waals surface area contributed by atoms with Gasteiger partial charge in [-0.15, -0.1) is 0 Å². The van der Waals surface area contributed by atoms with Gasteiger partial charge >= 0.3 is 0 Å². The highest BCUT2D eigenvalue weighted by atomic mass is 15.0. The molecule has 3 heterocycles. The summed E-state index contributed by atoms with van der Waals surface area (Å²) in [5, 5.41) is 27.0. The van der Waals surface area contributed by atoms with Gasteiger partial charge in [0.2, 0.25) is 0 Å². The van der Waals surface area contributed by atoms with Crippen LogP contribution in [0.1, 0.15) is 11.1 Å². The van der Waals surface area contributed by atoms with E-state index >= 15 is 0 Å². The number of nitrogens with zero attached hydrogens (tertiary/aromatic N) is 5. The summed E-state index contributed by atoms with van der Waals surface area (Å²) in [6.45, 7) is 0. The Morgan fingerprint density at radius 1 is 0.327 bits per heavy atom. The van der Waals surface area contributed by atoms with E-state index in [1.807, 2.05) is 48.5 Å². The van der Waals surface area contributed by atoms with Crippen molar-refractivity contribution in [1.82, 2.24) is 13.7 Å². The number of hydrogen-bond donors (Lipinski definition) is 0. The van der Waals surface area contributed by atoms with Gasteiger partial charge in [0.25, 0.3) is 0 Å². The van der Waals surface area contributed by atoms with Gasteiger partial charge in [-0.2, -0.15) is 10.5 Å². The molecule has 11 aromatic rings. The molecule has 0 radical (unpaired) electrons. The van der Waals surface area contributed by atoms with Crippen molar-refractivity contribution in [3.8, 4) is 40.3 Å². The molecule has 0 fully saturated rings. The Kier molecular flexibility index (Phi) is 6.61. The number of nitriles is 2. The largest absolute Gasteiger partial charge is 0.309 e. The molecule has 0 amide bonds. The van der Waals surface area contributed by atoms with Crippen LogP contribution in [0.2, 0.25) is 0 Å². The van der Waals surface area contributed by atoms with Gasteiger partial charge in [-0.3, -0.25) is 0 Å². The fraction of sp³-hybridized carbons (Fsp3) is 0. The molecule has 0 aliphatic carbocycles. The maximum Gasteiger partial charge on any atom is 0.0992 e. The van der Waals surface area contributed by atoms with Crippen LogP contribution >= 0.6 is 0 Å². The molecular formula is C50H29N5. The van der Waals surface area contributed by atoms with Gasteiger partial charge in [-0.1, -0.05) is 97.1 Å². The van der Waals surface area contributed by atoms with E-state index in [-0.39, 0.29) is 0 Å². The maximum atomic E-state index is 10.1. The second-order valence-electron chi connectivity index (χ2n) is 14.0. The fourth-order valence-electron chi connectivity index (χ4n) is 8.72. The second-order valence-corrected chi connectivity index (χ2v) is 14.0. The summed E-state index contributed by atoms with van der Waals surface area (Å²) < 4.78 is 6.96. The molecule has 0 unspecified atom stereocenters. The smallest absolute Gasteiger partial charge is 0.0992 e. The number of para-hydroxylation sites is 4. The van der Waals surface area contributed by atoms with Crippen molar-refractivity contribution in [2.75, 3.05) is 0 Å². The van der Waals surface area contributed by atoms with Crippen LogP contribution in [-0.2, 0) is 0 Å². The molecule has 254 valence electrons. The van der Waals surface area contributed by atoms with Gasteiger partial charge in [0.15, 0.2) is 0 Å². The quantitative estimate of drug-likeness (QED) is 0.184. The predicted molar refractivity (Wildman–Crippen MR) is 224 cm³/mol. The van der Waals surface area contributed by atoms with E-state index in [1.54, 1.807) is 0 Å². The van der Waals surface area contributed by atoms with Gasteiger partial charge in [0, 0.05) is 49.3 Å². The van der Waals surface area contributed by atoms with Gasteiger partial charge in [-0.05, 0) is 84.4 Å². The van der Waals surface area contributed by atoms with Gasteiger partial charge < -0.3 is 13.7 Å². The zero-order valence-electron chi connectivity index (χ0n) is 29.5. The topological polar surface area (TPSA) is 62.4 Å². The third-order valence-corrected chi connectivity index (χ3v) is 11.1. The molecule has 5 nitrogen and oxygen atoms in total. The van der Waals surface area contributed by atoms with Crippen molar-refractivity contribution < 1.29 is 0 Å². The Balaban J connectivity index is 1.16. The summed E-state index contributed by atoms with van der Waals surface area (Å²) in [5.41, 5.74) is 12.7. The molecule has 11 rings (SSSR count). The molecule has 0 spiro atoms. The van der Waals surface area contributed by atoms with Crippen LogP contribution < -0.4 is 0 Å². The first-order valence-corrected chi connectivity index (χ1v) is 18.3. The number of hydrogen-bond acceptors (Lipinski definition) is 2. The lowest BCUT2D eigenvalue weighted by Gasteiger charge is -2.16. The molecule has 0 saturated heterocycles. The lowest BCUT2D eigenvalue weighted by molar-refractivity contribution is 1.15. The zero-order valence-corrected chi connectivity index (χ0v) is 29.5. The minimum absolute atomic E-state index is 0.579.